The number of halogens is 2. The van der Waals surface area contributed by atoms with Crippen molar-refractivity contribution < 1.29 is 14.3 Å². The maximum atomic E-state index is 13.0. The Morgan fingerprint density at radius 3 is 2.77 bits per heavy atom. The van der Waals surface area contributed by atoms with E-state index >= 15 is 0 Å². The highest BCUT2D eigenvalue weighted by Gasteiger charge is 2.09. The van der Waals surface area contributed by atoms with Gasteiger partial charge in [0.15, 0.2) is 0 Å². The van der Waals surface area contributed by atoms with Crippen LogP contribution in [-0.4, -0.2) is 11.1 Å². The largest absolute Gasteiger partial charge is 0.481 e. The van der Waals surface area contributed by atoms with E-state index in [0.29, 0.717) is 0 Å². The summed E-state index contributed by atoms with van der Waals surface area (Å²) in [7, 11) is 0. The third-order valence-corrected chi connectivity index (χ3v) is 1.83. The average molecular weight is 204 g/mol. The molecule has 5 heteroatoms. The molecule has 1 aromatic rings. The van der Waals surface area contributed by atoms with Crippen LogP contribution in [0.4, 0.5) is 10.1 Å². The predicted octanol–water partition coefficient (Wildman–Crippen LogP) is 1.69. The van der Waals surface area contributed by atoms with E-state index in [2.05, 4.69) is 0 Å². The van der Waals surface area contributed by atoms with Crippen LogP contribution in [0.25, 0.3) is 0 Å². The minimum absolute atomic E-state index is 0.0365. The van der Waals surface area contributed by atoms with Gasteiger partial charge in [0.05, 0.1) is 17.1 Å². The van der Waals surface area contributed by atoms with Crippen molar-refractivity contribution in [2.75, 3.05) is 5.73 Å². The molecule has 0 amide bonds. The Morgan fingerprint density at radius 1 is 1.62 bits per heavy atom. The highest BCUT2D eigenvalue weighted by molar-refractivity contribution is 6.33. The molecule has 3 N–H and O–H groups in total. The molecule has 1 rings (SSSR count). The molecular weight excluding hydrogens is 197 g/mol. The molecule has 0 spiro atoms. The highest BCUT2D eigenvalue weighted by Crippen LogP contribution is 2.22. The number of carboxylic acid groups (broad SMARTS) is 1. The number of nitrogens with two attached hydrogens (primary N) is 1. The lowest BCUT2D eigenvalue weighted by molar-refractivity contribution is -0.136. The van der Waals surface area contributed by atoms with E-state index in [1.165, 1.54) is 6.07 Å². The fraction of sp³-hybridized carbons (Fsp3) is 0.125. The number of aliphatic carboxylic acids is 1. The number of hydrogen-bond donors (Lipinski definition) is 2. The fourth-order valence-corrected chi connectivity index (χ4v) is 1.06. The number of carbonyl (C=O) groups is 1. The molecule has 0 aliphatic heterocycles. The van der Waals surface area contributed by atoms with Gasteiger partial charge in [-0.3, -0.25) is 4.79 Å². The second-order valence-electron chi connectivity index (χ2n) is 2.54. The fourth-order valence-electron chi connectivity index (χ4n) is 0.911. The third-order valence-electron chi connectivity index (χ3n) is 1.51. The molecule has 0 aliphatic carbocycles. The van der Waals surface area contributed by atoms with Gasteiger partial charge < -0.3 is 10.8 Å². The summed E-state index contributed by atoms with van der Waals surface area (Å²) in [5.41, 5.74) is 5.59. The van der Waals surface area contributed by atoms with Crippen molar-refractivity contribution in [1.29, 1.82) is 0 Å². The maximum Gasteiger partial charge on any atom is 0.307 e. The molecule has 0 aromatic heterocycles. The average Bonchev–Trinajstić information content (AvgIpc) is 1.99. The number of anilines is 1. The van der Waals surface area contributed by atoms with Crippen molar-refractivity contribution in [2.45, 2.75) is 6.42 Å². The lowest BCUT2D eigenvalue weighted by atomic mass is 10.1. The first-order valence-electron chi connectivity index (χ1n) is 3.46. The number of carboxylic acids is 1. The monoisotopic (exact) mass is 203 g/mol. The standard InChI is InChI=1S/C8H7ClFNO2/c9-5-3-6(10)4(1-7(5)11)2-8(12)13/h1,3H,2,11H2,(H,12,13). The second kappa shape index (κ2) is 3.62. The van der Waals surface area contributed by atoms with Crippen LogP contribution in [0.1, 0.15) is 5.56 Å². The minimum atomic E-state index is -1.11. The zero-order valence-corrected chi connectivity index (χ0v) is 7.31. The molecule has 13 heavy (non-hydrogen) atoms. The first-order valence-corrected chi connectivity index (χ1v) is 3.83. The van der Waals surface area contributed by atoms with Gasteiger partial charge in [0.2, 0.25) is 0 Å². The molecular formula is C8H7ClFNO2. The van der Waals surface area contributed by atoms with Crippen molar-refractivity contribution in [1.82, 2.24) is 0 Å². The summed E-state index contributed by atoms with van der Waals surface area (Å²) in [6, 6.07) is 2.24. The van der Waals surface area contributed by atoms with E-state index in [0.717, 1.165) is 6.07 Å². The van der Waals surface area contributed by atoms with E-state index in [4.69, 9.17) is 22.4 Å². The van der Waals surface area contributed by atoms with Crippen molar-refractivity contribution in [3.05, 3.63) is 28.5 Å². The Balaban J connectivity index is 3.08. The van der Waals surface area contributed by atoms with Gasteiger partial charge in [-0.25, -0.2) is 4.39 Å². The molecule has 0 heterocycles. The molecule has 0 atom stereocenters. The van der Waals surface area contributed by atoms with E-state index < -0.39 is 18.2 Å². The zero-order chi connectivity index (χ0) is 10.0. The van der Waals surface area contributed by atoms with E-state index in [-0.39, 0.29) is 16.3 Å². The van der Waals surface area contributed by atoms with Gasteiger partial charge in [-0.15, -0.1) is 0 Å². The van der Waals surface area contributed by atoms with Gasteiger partial charge in [0.1, 0.15) is 5.82 Å². The summed E-state index contributed by atoms with van der Waals surface area (Å²) in [6.07, 6.45) is -0.396. The molecule has 3 nitrogen and oxygen atoms in total. The third kappa shape index (κ3) is 2.32. The lowest BCUT2D eigenvalue weighted by Crippen LogP contribution is -2.03. The number of benzene rings is 1. The predicted molar refractivity (Wildman–Crippen MR) is 47.2 cm³/mol. The Kier molecular flexibility index (Phi) is 2.72. The van der Waals surface area contributed by atoms with Gasteiger partial charge in [-0.05, 0) is 12.1 Å². The molecule has 0 unspecified atom stereocenters. The summed E-state index contributed by atoms with van der Waals surface area (Å²) >= 11 is 5.51. The van der Waals surface area contributed by atoms with Crippen molar-refractivity contribution in [3.63, 3.8) is 0 Å². The molecule has 0 radical (unpaired) electrons. The first kappa shape index (κ1) is 9.80. The molecule has 0 saturated carbocycles. The summed E-state index contributed by atoms with van der Waals surface area (Å²) in [5, 5.41) is 8.50. The quantitative estimate of drug-likeness (QED) is 0.719. The van der Waals surface area contributed by atoms with E-state index in [1.807, 2.05) is 0 Å². The molecule has 0 saturated heterocycles. The van der Waals surface area contributed by atoms with Gasteiger partial charge in [-0.1, -0.05) is 11.6 Å². The smallest absolute Gasteiger partial charge is 0.307 e. The zero-order valence-electron chi connectivity index (χ0n) is 6.55. The van der Waals surface area contributed by atoms with E-state index in [9.17, 15) is 9.18 Å². The van der Waals surface area contributed by atoms with E-state index in [1.54, 1.807) is 0 Å². The molecule has 0 bridgehead atoms. The van der Waals surface area contributed by atoms with Gasteiger partial charge in [-0.2, -0.15) is 0 Å². The van der Waals surface area contributed by atoms with Crippen molar-refractivity contribution in [3.8, 4) is 0 Å². The Hall–Kier alpha value is -1.29. The number of hydrogen-bond acceptors (Lipinski definition) is 2. The number of nitrogen functional groups attached to an aromatic ring is 1. The summed E-state index contributed by atoms with van der Waals surface area (Å²) in [4.78, 5) is 10.3. The molecule has 1 aromatic carbocycles. The number of rotatable bonds is 2. The summed E-state index contributed by atoms with van der Waals surface area (Å²) < 4.78 is 13.0. The SMILES string of the molecule is Nc1cc(CC(=O)O)c(F)cc1Cl. The van der Waals surface area contributed by atoms with Crippen LogP contribution >= 0.6 is 11.6 Å². The van der Waals surface area contributed by atoms with Crippen LogP contribution in [0.15, 0.2) is 12.1 Å². The van der Waals surface area contributed by atoms with Gasteiger partial charge in [0.25, 0.3) is 0 Å². The lowest BCUT2D eigenvalue weighted by Gasteiger charge is -2.03. The maximum absolute atomic E-state index is 13.0. The van der Waals surface area contributed by atoms with Crippen LogP contribution in [-0.2, 0) is 11.2 Å². The minimum Gasteiger partial charge on any atom is -0.481 e. The topological polar surface area (TPSA) is 63.3 Å². The van der Waals surface area contributed by atoms with Crippen LogP contribution in [0.2, 0.25) is 5.02 Å². The Labute approximate surface area is 78.9 Å². The first-order chi connectivity index (χ1) is 6.00. The molecule has 0 fully saturated rings. The van der Waals surface area contributed by atoms with Crippen LogP contribution in [0.3, 0.4) is 0 Å². The van der Waals surface area contributed by atoms with Crippen LogP contribution in [0, 0.1) is 5.82 Å². The Bertz CT molecular complexity index is 354. The van der Waals surface area contributed by atoms with Gasteiger partial charge >= 0.3 is 5.97 Å². The summed E-state index contributed by atoms with van der Waals surface area (Å²) in [6.45, 7) is 0. The molecule has 0 aliphatic rings. The second-order valence-corrected chi connectivity index (χ2v) is 2.94. The molecule has 70 valence electrons. The van der Waals surface area contributed by atoms with Crippen molar-refractivity contribution >= 4 is 23.3 Å². The highest BCUT2D eigenvalue weighted by atomic mass is 35.5. The van der Waals surface area contributed by atoms with Crippen LogP contribution < -0.4 is 5.73 Å². The summed E-state index contributed by atoms with van der Waals surface area (Å²) in [5.74, 6) is -1.76. The Morgan fingerprint density at radius 2 is 2.23 bits per heavy atom. The van der Waals surface area contributed by atoms with Crippen LogP contribution in [0.5, 0.6) is 0 Å². The normalized spacial score (nSPS) is 10.0. The van der Waals surface area contributed by atoms with Crippen molar-refractivity contribution in [2.24, 2.45) is 0 Å². The van der Waals surface area contributed by atoms with Gasteiger partial charge in [0, 0.05) is 5.56 Å².